The average molecular weight is 304 g/mol. The van der Waals surface area contributed by atoms with Crippen LogP contribution in [0.15, 0.2) is 18.2 Å². The van der Waals surface area contributed by atoms with Gasteiger partial charge in [0.15, 0.2) is 0 Å². The summed E-state index contributed by atoms with van der Waals surface area (Å²) in [5.74, 6) is 0.0574. The Labute approximate surface area is 133 Å². The van der Waals surface area contributed by atoms with E-state index in [4.69, 9.17) is 0 Å². The first kappa shape index (κ1) is 16.7. The van der Waals surface area contributed by atoms with Gasteiger partial charge in [0.1, 0.15) is 5.75 Å². The molecule has 1 N–H and O–H groups in total. The number of nitrogens with zero attached hydrogens (tertiary/aromatic N) is 2. The third-order valence-corrected chi connectivity index (χ3v) is 4.48. The highest BCUT2D eigenvalue weighted by atomic mass is 16.3. The molecule has 4 nitrogen and oxygen atoms in total. The molecule has 122 valence electrons. The highest BCUT2D eigenvalue weighted by molar-refractivity contribution is 5.97. The topological polar surface area (TPSA) is 43.8 Å². The van der Waals surface area contributed by atoms with E-state index < -0.39 is 0 Å². The summed E-state index contributed by atoms with van der Waals surface area (Å²) in [6.45, 7) is 7.54. The van der Waals surface area contributed by atoms with Gasteiger partial charge in [0.2, 0.25) is 0 Å². The van der Waals surface area contributed by atoms with Gasteiger partial charge in [-0.3, -0.25) is 4.79 Å². The van der Waals surface area contributed by atoms with E-state index in [2.05, 4.69) is 18.7 Å². The van der Waals surface area contributed by atoms with Crippen molar-refractivity contribution in [3.8, 4) is 5.75 Å². The van der Waals surface area contributed by atoms with Crippen molar-refractivity contribution < 1.29 is 9.90 Å². The minimum atomic E-state index is -0.0366. The van der Waals surface area contributed by atoms with Crippen LogP contribution in [0.2, 0.25) is 0 Å². The van der Waals surface area contributed by atoms with Gasteiger partial charge in [-0.05, 0) is 38.8 Å². The third kappa shape index (κ3) is 3.93. The number of phenolic OH excluding ortho intramolecular Hbond substituents is 1. The molecule has 0 aliphatic carbocycles. The molecule has 22 heavy (non-hydrogen) atoms. The summed E-state index contributed by atoms with van der Waals surface area (Å²) in [6.07, 6.45) is 5.77. The second-order valence-electron chi connectivity index (χ2n) is 5.93. The number of benzene rings is 1. The number of anilines is 1. The van der Waals surface area contributed by atoms with Gasteiger partial charge in [0.05, 0.1) is 5.56 Å². The smallest absolute Gasteiger partial charge is 0.257 e. The van der Waals surface area contributed by atoms with Crippen LogP contribution in [0.5, 0.6) is 5.75 Å². The van der Waals surface area contributed by atoms with Crippen LogP contribution in [0.1, 0.15) is 56.3 Å². The van der Waals surface area contributed by atoms with E-state index >= 15 is 0 Å². The monoisotopic (exact) mass is 304 g/mol. The lowest BCUT2D eigenvalue weighted by Gasteiger charge is -2.26. The zero-order valence-electron chi connectivity index (χ0n) is 13.8. The standard InChI is InChI=1S/C18H28N2O2/c1-3-19(4-2)15-10-11-16(17(21)14-15)18(22)20-12-8-6-5-7-9-13-20/h10-11,14,21H,3-9,12-13H2,1-2H3. The van der Waals surface area contributed by atoms with Gasteiger partial charge in [-0.2, -0.15) is 0 Å². The summed E-state index contributed by atoms with van der Waals surface area (Å²) in [5, 5.41) is 10.3. The molecule has 0 bridgehead atoms. The molecule has 4 heteroatoms. The number of hydrogen-bond donors (Lipinski definition) is 1. The summed E-state index contributed by atoms with van der Waals surface area (Å²) < 4.78 is 0. The Bertz CT molecular complexity index is 490. The highest BCUT2D eigenvalue weighted by Gasteiger charge is 2.20. The summed E-state index contributed by atoms with van der Waals surface area (Å²) in [6, 6.07) is 5.42. The van der Waals surface area contributed by atoms with Crippen molar-refractivity contribution in [2.45, 2.75) is 46.0 Å². The lowest BCUT2D eigenvalue weighted by molar-refractivity contribution is 0.0739. The van der Waals surface area contributed by atoms with Crippen LogP contribution in [0.4, 0.5) is 5.69 Å². The first-order valence-electron chi connectivity index (χ1n) is 8.54. The van der Waals surface area contributed by atoms with Gasteiger partial charge in [-0.1, -0.05) is 19.3 Å². The Kier molecular flexibility index (Phi) is 6.10. The van der Waals surface area contributed by atoms with E-state index in [0.29, 0.717) is 5.56 Å². The molecule has 1 aromatic rings. The molecule has 2 rings (SSSR count). The van der Waals surface area contributed by atoms with Gasteiger partial charge < -0.3 is 14.9 Å². The van der Waals surface area contributed by atoms with E-state index in [-0.39, 0.29) is 11.7 Å². The predicted octanol–water partition coefficient (Wildman–Crippen LogP) is 3.64. The predicted molar refractivity (Wildman–Crippen MR) is 90.7 cm³/mol. The number of phenols is 1. The Morgan fingerprint density at radius 1 is 1.09 bits per heavy atom. The Hall–Kier alpha value is -1.71. The van der Waals surface area contributed by atoms with E-state index in [1.807, 2.05) is 11.0 Å². The number of amides is 1. The van der Waals surface area contributed by atoms with Crippen molar-refractivity contribution >= 4 is 11.6 Å². The molecule has 0 spiro atoms. The van der Waals surface area contributed by atoms with E-state index in [1.54, 1.807) is 12.1 Å². The van der Waals surface area contributed by atoms with Crippen LogP contribution in [-0.2, 0) is 0 Å². The van der Waals surface area contributed by atoms with E-state index in [0.717, 1.165) is 44.7 Å². The minimum absolute atomic E-state index is 0.0366. The largest absolute Gasteiger partial charge is 0.507 e. The maximum atomic E-state index is 12.7. The van der Waals surface area contributed by atoms with Crippen LogP contribution >= 0.6 is 0 Å². The first-order valence-corrected chi connectivity index (χ1v) is 8.54. The van der Waals surface area contributed by atoms with Crippen LogP contribution in [0, 0.1) is 0 Å². The van der Waals surface area contributed by atoms with Gasteiger partial charge in [-0.25, -0.2) is 0 Å². The fourth-order valence-corrected chi connectivity index (χ4v) is 3.11. The molecule has 1 aliphatic heterocycles. The summed E-state index contributed by atoms with van der Waals surface area (Å²) >= 11 is 0. The summed E-state index contributed by atoms with van der Waals surface area (Å²) in [7, 11) is 0. The van der Waals surface area contributed by atoms with Gasteiger partial charge in [0, 0.05) is 37.9 Å². The molecule has 0 aromatic heterocycles. The van der Waals surface area contributed by atoms with Crippen molar-refractivity contribution in [2.24, 2.45) is 0 Å². The second-order valence-corrected chi connectivity index (χ2v) is 5.93. The Balaban J connectivity index is 2.15. The zero-order chi connectivity index (χ0) is 15.9. The van der Waals surface area contributed by atoms with Crippen molar-refractivity contribution in [3.63, 3.8) is 0 Å². The van der Waals surface area contributed by atoms with E-state index in [9.17, 15) is 9.90 Å². The van der Waals surface area contributed by atoms with Crippen LogP contribution in [0.3, 0.4) is 0 Å². The van der Waals surface area contributed by atoms with Crippen LogP contribution in [0.25, 0.3) is 0 Å². The molecular formula is C18H28N2O2. The van der Waals surface area contributed by atoms with Gasteiger partial charge >= 0.3 is 0 Å². The number of aromatic hydroxyl groups is 1. The molecule has 1 fully saturated rings. The molecule has 1 aliphatic rings. The first-order chi connectivity index (χ1) is 10.7. The fraction of sp³-hybridized carbons (Fsp3) is 0.611. The molecule has 1 amide bonds. The molecule has 0 atom stereocenters. The number of rotatable bonds is 4. The molecule has 0 radical (unpaired) electrons. The number of hydrogen-bond acceptors (Lipinski definition) is 3. The quantitative estimate of drug-likeness (QED) is 0.923. The lowest BCUT2D eigenvalue weighted by atomic mass is 10.1. The van der Waals surface area contributed by atoms with Gasteiger partial charge in [-0.15, -0.1) is 0 Å². The number of carbonyl (C=O) groups excluding carboxylic acids is 1. The van der Waals surface area contributed by atoms with Crippen molar-refractivity contribution in [3.05, 3.63) is 23.8 Å². The third-order valence-electron chi connectivity index (χ3n) is 4.48. The highest BCUT2D eigenvalue weighted by Crippen LogP contribution is 2.26. The van der Waals surface area contributed by atoms with Gasteiger partial charge in [0.25, 0.3) is 5.91 Å². The van der Waals surface area contributed by atoms with Crippen LogP contribution < -0.4 is 4.90 Å². The Morgan fingerprint density at radius 2 is 1.68 bits per heavy atom. The fourth-order valence-electron chi connectivity index (χ4n) is 3.11. The molecule has 0 saturated carbocycles. The molecule has 0 unspecified atom stereocenters. The maximum Gasteiger partial charge on any atom is 0.257 e. The number of carbonyl (C=O) groups is 1. The van der Waals surface area contributed by atoms with Crippen molar-refractivity contribution in [1.82, 2.24) is 4.90 Å². The van der Waals surface area contributed by atoms with E-state index in [1.165, 1.54) is 19.3 Å². The average Bonchev–Trinajstić information content (AvgIpc) is 2.48. The summed E-state index contributed by atoms with van der Waals surface area (Å²) in [5.41, 5.74) is 1.39. The molecule has 1 aromatic carbocycles. The van der Waals surface area contributed by atoms with Crippen molar-refractivity contribution in [1.29, 1.82) is 0 Å². The SMILES string of the molecule is CCN(CC)c1ccc(C(=O)N2CCCCCCC2)c(O)c1. The molecule has 1 saturated heterocycles. The second kappa shape index (κ2) is 8.06. The molecular weight excluding hydrogens is 276 g/mol. The Morgan fingerprint density at radius 3 is 2.23 bits per heavy atom. The van der Waals surface area contributed by atoms with Crippen molar-refractivity contribution in [2.75, 3.05) is 31.1 Å². The maximum absolute atomic E-state index is 12.7. The molecule has 1 heterocycles. The summed E-state index contributed by atoms with van der Waals surface area (Å²) in [4.78, 5) is 16.7. The van der Waals surface area contributed by atoms with Crippen LogP contribution in [-0.4, -0.2) is 42.1 Å². The lowest BCUT2D eigenvalue weighted by Crippen LogP contribution is -2.33. The zero-order valence-corrected chi connectivity index (χ0v) is 13.8. The minimum Gasteiger partial charge on any atom is -0.507 e. The normalized spacial score (nSPS) is 16.0. The number of likely N-dealkylation sites (tertiary alicyclic amines) is 1.